The summed E-state index contributed by atoms with van der Waals surface area (Å²) < 4.78 is -1.06. The highest BCUT2D eigenvalue weighted by atomic mass is 79.9. The first-order chi connectivity index (χ1) is 4.61. The molecule has 0 spiro atoms. The van der Waals surface area contributed by atoms with Gasteiger partial charge in [-0.05, 0) is 28.1 Å². The Morgan fingerprint density at radius 3 is 2.40 bits per heavy atom. The lowest BCUT2D eigenvalue weighted by Gasteiger charge is -2.08. The van der Waals surface area contributed by atoms with Crippen molar-refractivity contribution in [3.8, 4) is 0 Å². The number of aromatic nitrogens is 1. The zero-order valence-electron chi connectivity index (χ0n) is 4.89. The van der Waals surface area contributed by atoms with E-state index in [-0.39, 0.29) is 0 Å². The van der Waals surface area contributed by atoms with E-state index in [9.17, 15) is 0 Å². The summed E-state index contributed by atoms with van der Waals surface area (Å²) in [5.74, 6) is 0. The molecule has 1 rings (SSSR count). The van der Waals surface area contributed by atoms with Crippen LogP contribution in [0.4, 0.5) is 0 Å². The summed E-state index contributed by atoms with van der Waals surface area (Å²) in [6.07, 6.45) is 1.64. The van der Waals surface area contributed by atoms with Crippen LogP contribution in [0, 0.1) is 0 Å². The first-order valence-corrected chi connectivity index (χ1v) is 4.14. The molecular weight excluding hydrogens is 237 g/mol. The highest BCUT2D eigenvalue weighted by Gasteiger charge is 2.22. The van der Waals surface area contributed by atoms with Gasteiger partial charge in [0, 0.05) is 6.20 Å². The van der Waals surface area contributed by atoms with Gasteiger partial charge in [-0.3, -0.25) is 4.98 Å². The summed E-state index contributed by atoms with van der Waals surface area (Å²) in [5.41, 5.74) is 0.596. The zero-order chi connectivity index (χ0) is 7.61. The molecule has 1 aromatic heterocycles. The third-order valence-electron chi connectivity index (χ3n) is 0.955. The second-order valence-electron chi connectivity index (χ2n) is 1.71. The summed E-state index contributed by atoms with van der Waals surface area (Å²) in [4.78, 5) is 3.94. The van der Waals surface area contributed by atoms with Crippen LogP contribution < -0.4 is 0 Å². The predicted octanol–water partition coefficient (Wildman–Crippen LogP) is 3.06. The minimum absolute atomic E-state index is 0.596. The lowest BCUT2D eigenvalue weighted by molar-refractivity contribution is 1.11. The summed E-state index contributed by atoms with van der Waals surface area (Å²) in [6, 6.07) is 5.37. The van der Waals surface area contributed by atoms with Crippen molar-refractivity contribution in [3.05, 3.63) is 30.1 Å². The molecule has 0 bridgehead atoms. The molecule has 1 nitrogen and oxygen atoms in total. The van der Waals surface area contributed by atoms with Crippen molar-refractivity contribution in [1.29, 1.82) is 0 Å². The van der Waals surface area contributed by atoms with Gasteiger partial charge in [-0.15, -0.1) is 0 Å². The standard InChI is InChI=1S/C6H4BrCl2N/c7-6(8,9)5-3-1-2-4-10-5/h1-4H. The highest BCUT2D eigenvalue weighted by molar-refractivity contribution is 9.10. The molecule has 0 atom stereocenters. The Kier molecular flexibility index (Phi) is 2.55. The summed E-state index contributed by atoms with van der Waals surface area (Å²) in [6.45, 7) is 0. The quantitative estimate of drug-likeness (QED) is 0.688. The van der Waals surface area contributed by atoms with Crippen LogP contribution >= 0.6 is 39.1 Å². The molecule has 0 saturated carbocycles. The van der Waals surface area contributed by atoms with E-state index >= 15 is 0 Å². The Morgan fingerprint density at radius 1 is 1.40 bits per heavy atom. The van der Waals surface area contributed by atoms with Gasteiger partial charge in [0.05, 0.1) is 5.69 Å². The van der Waals surface area contributed by atoms with E-state index in [1.807, 2.05) is 6.07 Å². The Labute approximate surface area is 77.5 Å². The van der Waals surface area contributed by atoms with Gasteiger partial charge in [-0.25, -0.2) is 0 Å². The third kappa shape index (κ3) is 2.11. The van der Waals surface area contributed by atoms with Gasteiger partial charge in [0.2, 0.25) is 3.24 Å². The second-order valence-corrected chi connectivity index (χ2v) is 5.14. The van der Waals surface area contributed by atoms with Crippen molar-refractivity contribution >= 4 is 39.1 Å². The summed E-state index contributed by atoms with van der Waals surface area (Å²) >= 11 is 14.4. The van der Waals surface area contributed by atoms with Gasteiger partial charge < -0.3 is 0 Å². The first-order valence-electron chi connectivity index (χ1n) is 2.59. The maximum atomic E-state index is 5.68. The van der Waals surface area contributed by atoms with Gasteiger partial charge in [0.15, 0.2) is 0 Å². The van der Waals surface area contributed by atoms with Crippen LogP contribution in [0.5, 0.6) is 0 Å². The molecule has 0 unspecified atom stereocenters. The van der Waals surface area contributed by atoms with Crippen molar-refractivity contribution < 1.29 is 0 Å². The fraction of sp³-hybridized carbons (Fsp3) is 0.167. The van der Waals surface area contributed by atoms with Gasteiger partial charge in [-0.1, -0.05) is 29.3 Å². The highest BCUT2D eigenvalue weighted by Crippen LogP contribution is 2.38. The van der Waals surface area contributed by atoms with Crippen molar-refractivity contribution in [1.82, 2.24) is 4.98 Å². The SMILES string of the molecule is ClC(Cl)(Br)c1ccccn1. The van der Waals surface area contributed by atoms with Crippen LogP contribution in [-0.2, 0) is 3.24 Å². The smallest absolute Gasteiger partial charge is 0.213 e. The van der Waals surface area contributed by atoms with E-state index in [0.29, 0.717) is 5.69 Å². The maximum absolute atomic E-state index is 5.68. The number of rotatable bonds is 1. The molecule has 54 valence electrons. The molecule has 1 aromatic rings. The van der Waals surface area contributed by atoms with Crippen LogP contribution in [0.1, 0.15) is 5.69 Å². The van der Waals surface area contributed by atoms with E-state index in [0.717, 1.165) is 0 Å². The molecule has 10 heavy (non-hydrogen) atoms. The fourth-order valence-corrected chi connectivity index (χ4v) is 0.989. The largest absolute Gasteiger partial charge is 0.257 e. The van der Waals surface area contributed by atoms with Gasteiger partial charge in [0.25, 0.3) is 0 Å². The van der Waals surface area contributed by atoms with Crippen molar-refractivity contribution in [3.63, 3.8) is 0 Å². The van der Waals surface area contributed by atoms with E-state index in [2.05, 4.69) is 20.9 Å². The van der Waals surface area contributed by atoms with E-state index in [4.69, 9.17) is 23.2 Å². The van der Waals surface area contributed by atoms with E-state index in [1.54, 1.807) is 18.3 Å². The number of hydrogen-bond acceptors (Lipinski definition) is 1. The predicted molar refractivity (Wildman–Crippen MR) is 46.5 cm³/mol. The van der Waals surface area contributed by atoms with Crippen LogP contribution in [0.2, 0.25) is 0 Å². The van der Waals surface area contributed by atoms with Crippen molar-refractivity contribution in [2.24, 2.45) is 0 Å². The lowest BCUT2D eigenvalue weighted by Crippen LogP contribution is -2.00. The molecular formula is C6H4BrCl2N. The molecule has 0 N–H and O–H groups in total. The Bertz CT molecular complexity index is 207. The van der Waals surface area contributed by atoms with E-state index in [1.165, 1.54) is 0 Å². The Morgan fingerprint density at radius 2 is 2.10 bits per heavy atom. The normalized spacial score (nSPS) is 11.5. The molecule has 0 aliphatic rings. The molecule has 0 saturated heterocycles. The molecule has 0 fully saturated rings. The fourth-order valence-electron chi connectivity index (χ4n) is 0.530. The van der Waals surface area contributed by atoms with E-state index < -0.39 is 3.24 Å². The first kappa shape index (κ1) is 8.31. The molecule has 1 heterocycles. The average Bonchev–Trinajstić information content (AvgIpc) is 1.88. The summed E-state index contributed by atoms with van der Waals surface area (Å²) in [5, 5.41) is 0. The summed E-state index contributed by atoms with van der Waals surface area (Å²) in [7, 11) is 0. The molecule has 0 aliphatic carbocycles. The topological polar surface area (TPSA) is 12.9 Å². The minimum atomic E-state index is -1.06. The number of halogens is 3. The van der Waals surface area contributed by atoms with Crippen molar-refractivity contribution in [2.75, 3.05) is 0 Å². The minimum Gasteiger partial charge on any atom is -0.257 e. The van der Waals surface area contributed by atoms with Crippen LogP contribution in [0.3, 0.4) is 0 Å². The molecule has 0 radical (unpaired) electrons. The Hall–Kier alpha value is 0.210. The lowest BCUT2D eigenvalue weighted by atomic mass is 10.4. The maximum Gasteiger partial charge on any atom is 0.213 e. The molecule has 4 heteroatoms. The van der Waals surface area contributed by atoms with Gasteiger partial charge in [0.1, 0.15) is 0 Å². The number of hydrogen-bond donors (Lipinski definition) is 0. The number of alkyl halides is 3. The third-order valence-corrected chi connectivity index (χ3v) is 1.75. The van der Waals surface area contributed by atoms with Crippen LogP contribution in [-0.4, -0.2) is 4.98 Å². The zero-order valence-corrected chi connectivity index (χ0v) is 7.99. The van der Waals surface area contributed by atoms with Crippen molar-refractivity contribution in [2.45, 2.75) is 3.24 Å². The molecule has 0 aromatic carbocycles. The van der Waals surface area contributed by atoms with Gasteiger partial charge in [-0.2, -0.15) is 0 Å². The van der Waals surface area contributed by atoms with Crippen LogP contribution in [0.15, 0.2) is 24.4 Å². The average molecular weight is 241 g/mol. The monoisotopic (exact) mass is 239 g/mol. The molecule has 0 aliphatic heterocycles. The van der Waals surface area contributed by atoms with Gasteiger partial charge >= 0.3 is 0 Å². The Balaban J connectivity index is 2.97. The number of pyridine rings is 1. The second kappa shape index (κ2) is 3.07. The van der Waals surface area contributed by atoms with Crippen LogP contribution in [0.25, 0.3) is 0 Å². The number of nitrogens with zero attached hydrogens (tertiary/aromatic N) is 1. The molecule has 0 amide bonds.